The predicted molar refractivity (Wildman–Crippen MR) is 229 cm³/mol. The first kappa shape index (κ1) is 45.7. The highest BCUT2D eigenvalue weighted by Gasteiger charge is 2.45. The topological polar surface area (TPSA) is 202 Å². The molecule has 0 spiro atoms. The van der Waals surface area contributed by atoms with E-state index in [9.17, 15) is 33.5 Å². The number of hydrogen-bond donors (Lipinski definition) is 3. The van der Waals surface area contributed by atoms with Crippen LogP contribution >= 0.6 is 11.6 Å². The Morgan fingerprint density at radius 3 is 2.33 bits per heavy atom. The minimum Gasteiger partial charge on any atom is -0.507 e. The number of anilines is 2. The van der Waals surface area contributed by atoms with Crippen LogP contribution in [0, 0.1) is 11.6 Å². The molecule has 64 heavy (non-hydrogen) atoms. The van der Waals surface area contributed by atoms with E-state index in [2.05, 4.69) is 27.2 Å². The molecule has 3 aromatic carbocycles. The van der Waals surface area contributed by atoms with Gasteiger partial charge in [0.05, 0.1) is 61.4 Å². The third-order valence-electron chi connectivity index (χ3n) is 11.0. The fraction of sp³-hybridized carbons (Fsp3) is 0.386. The number of fused-ring (bicyclic) bond motifs is 2. The van der Waals surface area contributed by atoms with Gasteiger partial charge in [-0.1, -0.05) is 30.3 Å². The van der Waals surface area contributed by atoms with Crippen LogP contribution in [0.2, 0.25) is 5.02 Å². The molecule has 2 fully saturated rings. The summed E-state index contributed by atoms with van der Waals surface area (Å²) in [7, 11) is 0. The number of carbonyl (C=O) groups excluding carboxylic acids is 5. The molecule has 2 saturated heterocycles. The molecule has 5 amide bonds. The molecule has 20 heteroatoms. The Kier molecular flexibility index (Phi) is 14.3. The number of aromatic nitrogens is 2. The molecule has 338 valence electrons. The summed E-state index contributed by atoms with van der Waals surface area (Å²) in [6.45, 7) is 9.61. The average Bonchev–Trinajstić information content (AvgIpc) is 3.52. The van der Waals surface area contributed by atoms with Crippen LogP contribution in [-0.2, 0) is 28.6 Å². The van der Waals surface area contributed by atoms with Gasteiger partial charge in [-0.25, -0.2) is 8.78 Å². The molecule has 0 saturated carbocycles. The molecule has 4 heterocycles. The van der Waals surface area contributed by atoms with Crippen LogP contribution in [0.15, 0.2) is 55.1 Å². The number of amides is 5. The zero-order valence-corrected chi connectivity index (χ0v) is 35.8. The van der Waals surface area contributed by atoms with Crippen LogP contribution in [0.1, 0.15) is 47.4 Å². The summed E-state index contributed by atoms with van der Waals surface area (Å²) in [6.07, 6.45) is 1.35. The number of nitrogens with zero attached hydrogens (tertiary/aromatic N) is 5. The van der Waals surface area contributed by atoms with E-state index in [4.69, 9.17) is 30.5 Å². The third-order valence-corrected chi connectivity index (χ3v) is 11.3. The fourth-order valence-electron chi connectivity index (χ4n) is 7.93. The van der Waals surface area contributed by atoms with Crippen molar-refractivity contribution in [1.29, 1.82) is 0 Å². The second kappa shape index (κ2) is 20.0. The first-order chi connectivity index (χ1) is 30.8. The number of rotatable bonds is 18. The van der Waals surface area contributed by atoms with Crippen LogP contribution < -0.4 is 20.3 Å². The van der Waals surface area contributed by atoms with Gasteiger partial charge in [-0.3, -0.25) is 34.2 Å². The highest BCUT2D eigenvalue weighted by molar-refractivity contribution is 6.34. The summed E-state index contributed by atoms with van der Waals surface area (Å²) in [6, 6.07) is 8.03. The third kappa shape index (κ3) is 9.47. The Hall–Kier alpha value is -6.28. The SMILES string of the molecule is C=CC(=O)N1CC(C)N(c2nc(OCCOCCOCCOCCNc3cccc4c3C(=O)N(C3CCC(=O)NC3=O)C4=O)nc3c(F)c(-c4c(O)cccc4F)c(Cl)cc23)CC1C. The molecule has 3 aliphatic heterocycles. The summed E-state index contributed by atoms with van der Waals surface area (Å²) in [5, 5.41) is 15.8. The predicted octanol–water partition coefficient (Wildman–Crippen LogP) is 4.49. The highest BCUT2D eigenvalue weighted by atomic mass is 35.5. The Bertz CT molecular complexity index is 2470. The lowest BCUT2D eigenvalue weighted by Gasteiger charge is -2.44. The lowest BCUT2D eigenvalue weighted by atomic mass is 10.0. The van der Waals surface area contributed by atoms with E-state index in [1.807, 2.05) is 18.7 Å². The molecule has 3 N–H and O–H groups in total. The molecule has 17 nitrogen and oxygen atoms in total. The second-order valence-electron chi connectivity index (χ2n) is 15.2. The van der Waals surface area contributed by atoms with Gasteiger partial charge in [-0.2, -0.15) is 9.97 Å². The molecular weight excluding hydrogens is 860 g/mol. The Morgan fingerprint density at radius 2 is 1.62 bits per heavy atom. The van der Waals surface area contributed by atoms with E-state index in [-0.39, 0.29) is 122 Å². The first-order valence-electron chi connectivity index (χ1n) is 20.6. The summed E-state index contributed by atoms with van der Waals surface area (Å²) in [5.74, 6) is -4.63. The van der Waals surface area contributed by atoms with Gasteiger partial charge in [0, 0.05) is 54.8 Å². The normalized spacial score (nSPS) is 18.7. The van der Waals surface area contributed by atoms with Crippen molar-refractivity contribution in [3.63, 3.8) is 0 Å². The van der Waals surface area contributed by atoms with Crippen LogP contribution in [0.5, 0.6) is 11.8 Å². The number of piperazine rings is 1. The molecule has 1 aromatic heterocycles. The van der Waals surface area contributed by atoms with Crippen molar-refractivity contribution in [2.45, 2.75) is 44.8 Å². The van der Waals surface area contributed by atoms with Crippen molar-refractivity contribution in [3.05, 3.63) is 82.9 Å². The van der Waals surface area contributed by atoms with E-state index in [0.717, 1.165) is 11.0 Å². The van der Waals surface area contributed by atoms with Gasteiger partial charge in [0.2, 0.25) is 17.7 Å². The van der Waals surface area contributed by atoms with E-state index in [0.29, 0.717) is 25.3 Å². The van der Waals surface area contributed by atoms with E-state index in [1.54, 1.807) is 17.0 Å². The van der Waals surface area contributed by atoms with Gasteiger partial charge in [0.15, 0.2) is 5.82 Å². The number of phenols is 1. The number of halogens is 3. The van der Waals surface area contributed by atoms with E-state index in [1.165, 1.54) is 30.3 Å². The number of phenolic OH excluding ortho intramolecular Hbond substituents is 1. The number of nitrogens with one attached hydrogen (secondary N) is 2. The summed E-state index contributed by atoms with van der Waals surface area (Å²) in [4.78, 5) is 76.3. The smallest absolute Gasteiger partial charge is 0.319 e. The van der Waals surface area contributed by atoms with Crippen molar-refractivity contribution in [2.24, 2.45) is 0 Å². The van der Waals surface area contributed by atoms with Crippen molar-refractivity contribution >= 4 is 63.5 Å². The lowest BCUT2D eigenvalue weighted by molar-refractivity contribution is -0.136. The highest BCUT2D eigenvalue weighted by Crippen LogP contribution is 2.43. The molecule has 4 aromatic rings. The standard InChI is InChI=1S/C44H46ClF2N7O10/c1-4-34(57)52-22-25(3)53(23-24(52)2)40-27-21-28(45)36(37-29(46)8-6-10-32(37)55)38(47)39(27)50-44(51-40)64-20-19-63-18-17-62-16-15-61-14-13-48-30-9-5-7-26-35(30)43(60)54(42(26)59)31-11-12-33(56)49-41(31)58/h4-10,21,24-25,31,48,55H,1,11-20,22-23H2,2-3H3,(H,49,56,58). The first-order valence-corrected chi connectivity index (χ1v) is 21.0. The number of piperidine rings is 1. The van der Waals surface area contributed by atoms with Crippen LogP contribution in [0.4, 0.5) is 20.3 Å². The monoisotopic (exact) mass is 905 g/mol. The zero-order chi connectivity index (χ0) is 45.7. The van der Waals surface area contributed by atoms with Crippen LogP contribution in [0.25, 0.3) is 22.0 Å². The van der Waals surface area contributed by atoms with Gasteiger partial charge < -0.3 is 39.2 Å². The van der Waals surface area contributed by atoms with Crippen molar-refractivity contribution in [2.75, 3.05) is 76.1 Å². The summed E-state index contributed by atoms with van der Waals surface area (Å²) in [5.41, 5.74) is -0.247. The lowest BCUT2D eigenvalue weighted by Crippen LogP contribution is -2.58. The van der Waals surface area contributed by atoms with Gasteiger partial charge >= 0.3 is 6.01 Å². The van der Waals surface area contributed by atoms with Crippen molar-refractivity contribution < 1.29 is 56.8 Å². The van der Waals surface area contributed by atoms with Gasteiger partial charge in [0.25, 0.3) is 11.8 Å². The molecule has 0 aliphatic carbocycles. The van der Waals surface area contributed by atoms with Gasteiger partial charge in [-0.05, 0) is 56.7 Å². The zero-order valence-electron chi connectivity index (χ0n) is 35.0. The largest absolute Gasteiger partial charge is 0.507 e. The van der Waals surface area contributed by atoms with E-state index >= 15 is 4.39 Å². The Morgan fingerprint density at radius 1 is 0.922 bits per heavy atom. The fourth-order valence-corrected chi connectivity index (χ4v) is 8.22. The van der Waals surface area contributed by atoms with Gasteiger partial charge in [-0.15, -0.1) is 0 Å². The summed E-state index contributed by atoms with van der Waals surface area (Å²) >= 11 is 6.59. The molecule has 0 radical (unpaired) electrons. The summed E-state index contributed by atoms with van der Waals surface area (Å²) < 4.78 is 54.2. The average molecular weight is 906 g/mol. The number of imide groups is 2. The Balaban J connectivity index is 0.886. The maximum atomic E-state index is 16.5. The van der Waals surface area contributed by atoms with E-state index < -0.39 is 52.6 Å². The number of aromatic hydroxyl groups is 1. The van der Waals surface area contributed by atoms with Crippen molar-refractivity contribution in [3.8, 4) is 22.9 Å². The number of ether oxygens (including phenoxy) is 4. The minimum absolute atomic E-state index is 0.0237. The maximum absolute atomic E-state index is 16.5. The molecule has 3 aliphatic rings. The van der Waals surface area contributed by atoms with Crippen molar-refractivity contribution in [1.82, 2.24) is 25.1 Å². The van der Waals surface area contributed by atoms with Crippen LogP contribution in [-0.4, -0.2) is 138 Å². The molecule has 0 bridgehead atoms. The Labute approximate surface area is 371 Å². The maximum Gasteiger partial charge on any atom is 0.319 e. The number of benzene rings is 3. The molecule has 7 rings (SSSR count). The quantitative estimate of drug-likeness (QED) is 0.0717. The molecule has 3 unspecified atom stereocenters. The second-order valence-corrected chi connectivity index (χ2v) is 15.6. The van der Waals surface area contributed by atoms with Gasteiger partial charge in [0.1, 0.15) is 35.6 Å². The minimum atomic E-state index is -1.06. The molecular formula is C44H46ClF2N7O10. The number of carbonyl (C=O) groups is 5. The van der Waals surface area contributed by atoms with Crippen LogP contribution in [0.3, 0.4) is 0 Å². The molecule has 3 atom stereocenters. The number of hydrogen-bond acceptors (Lipinski definition) is 14.